The van der Waals surface area contributed by atoms with E-state index in [-0.39, 0.29) is 12.6 Å². The van der Waals surface area contributed by atoms with Crippen molar-refractivity contribution in [3.63, 3.8) is 0 Å². The van der Waals surface area contributed by atoms with Crippen molar-refractivity contribution in [2.45, 2.75) is 45.9 Å². The molecule has 6 nitrogen and oxygen atoms in total. The van der Waals surface area contributed by atoms with E-state index in [1.54, 1.807) is 12.5 Å². The zero-order valence-electron chi connectivity index (χ0n) is 13.9. The normalized spacial score (nSPS) is 12.7. The van der Waals surface area contributed by atoms with Gasteiger partial charge in [-0.3, -0.25) is 0 Å². The van der Waals surface area contributed by atoms with Gasteiger partial charge in [0.15, 0.2) is 0 Å². The lowest BCUT2D eigenvalue weighted by molar-refractivity contribution is 0.0506. The Morgan fingerprint density at radius 3 is 2.57 bits per heavy atom. The first-order valence-electron chi connectivity index (χ1n) is 7.52. The van der Waals surface area contributed by atoms with Crippen LogP contribution in [0.2, 0.25) is 0 Å². The molecule has 2 N–H and O–H groups in total. The summed E-state index contributed by atoms with van der Waals surface area (Å²) in [6.07, 6.45) is 2.94. The van der Waals surface area contributed by atoms with Crippen LogP contribution < -0.4 is 5.32 Å². The molecule has 1 heterocycles. The molecule has 1 amide bonds. The molecule has 6 heteroatoms. The molecule has 0 fully saturated rings. The maximum Gasteiger partial charge on any atom is 0.408 e. The van der Waals surface area contributed by atoms with Crippen molar-refractivity contribution in [1.29, 1.82) is 0 Å². The number of ether oxygens (including phenoxy) is 1. The number of imidazole rings is 1. The van der Waals surface area contributed by atoms with Crippen LogP contribution in [-0.4, -0.2) is 26.4 Å². The zero-order valence-corrected chi connectivity index (χ0v) is 13.9. The van der Waals surface area contributed by atoms with Crippen LogP contribution in [0.1, 0.15) is 45.0 Å². The number of nitrogens with one attached hydrogen (secondary N) is 1. The van der Waals surface area contributed by atoms with Crippen molar-refractivity contribution < 1.29 is 14.6 Å². The average molecular weight is 317 g/mol. The molecule has 0 unspecified atom stereocenters. The number of benzene rings is 1. The van der Waals surface area contributed by atoms with Crippen molar-refractivity contribution >= 4 is 6.09 Å². The summed E-state index contributed by atoms with van der Waals surface area (Å²) in [5.74, 6) is 0. The minimum atomic E-state index is -0.538. The van der Waals surface area contributed by atoms with E-state index in [1.165, 1.54) is 0 Å². The van der Waals surface area contributed by atoms with Gasteiger partial charge < -0.3 is 19.7 Å². The number of nitrogens with zero attached hydrogens (tertiary/aromatic N) is 2. The highest BCUT2D eigenvalue weighted by Crippen LogP contribution is 2.19. The van der Waals surface area contributed by atoms with Gasteiger partial charge in [-0.25, -0.2) is 9.78 Å². The van der Waals surface area contributed by atoms with Gasteiger partial charge in [-0.1, -0.05) is 12.1 Å². The van der Waals surface area contributed by atoms with Gasteiger partial charge in [0.2, 0.25) is 0 Å². The monoisotopic (exact) mass is 317 g/mol. The van der Waals surface area contributed by atoms with E-state index in [0.717, 1.165) is 16.9 Å². The molecule has 0 aliphatic carbocycles. The lowest BCUT2D eigenvalue weighted by Gasteiger charge is -2.22. The number of hydrogen-bond donors (Lipinski definition) is 2. The summed E-state index contributed by atoms with van der Waals surface area (Å²) >= 11 is 0. The summed E-state index contributed by atoms with van der Waals surface area (Å²) < 4.78 is 7.17. The SMILES string of the molecule is C[C@H](NC(=O)OC(C)(C)C)c1cncn1-c1ccc(CO)cc1. The second-order valence-electron chi connectivity index (χ2n) is 6.38. The molecule has 2 aromatic rings. The van der Waals surface area contributed by atoms with Crippen LogP contribution in [0.3, 0.4) is 0 Å². The molecular formula is C17H23N3O3. The Kier molecular flexibility index (Phi) is 5.05. The van der Waals surface area contributed by atoms with Crippen molar-refractivity contribution in [1.82, 2.24) is 14.9 Å². The quantitative estimate of drug-likeness (QED) is 0.909. The molecule has 0 radical (unpaired) electrons. The Morgan fingerprint density at radius 2 is 2.00 bits per heavy atom. The van der Waals surface area contributed by atoms with Crippen LogP contribution in [-0.2, 0) is 11.3 Å². The average Bonchev–Trinajstić information content (AvgIpc) is 2.94. The van der Waals surface area contributed by atoms with E-state index in [0.29, 0.717) is 0 Å². The Morgan fingerprint density at radius 1 is 1.35 bits per heavy atom. The maximum atomic E-state index is 11.9. The number of aliphatic hydroxyl groups excluding tert-OH is 1. The first kappa shape index (κ1) is 17.0. The highest BCUT2D eigenvalue weighted by atomic mass is 16.6. The second-order valence-corrected chi connectivity index (χ2v) is 6.38. The molecule has 1 atom stereocenters. The third-order valence-corrected chi connectivity index (χ3v) is 3.24. The van der Waals surface area contributed by atoms with E-state index in [9.17, 15) is 4.79 Å². The van der Waals surface area contributed by atoms with Crippen molar-refractivity contribution in [2.75, 3.05) is 0 Å². The van der Waals surface area contributed by atoms with E-state index < -0.39 is 11.7 Å². The van der Waals surface area contributed by atoms with Gasteiger partial charge in [0.25, 0.3) is 0 Å². The standard InChI is InChI=1S/C17H23N3O3/c1-12(19-16(22)23-17(2,3)4)15-9-18-11-20(15)14-7-5-13(10-21)6-8-14/h5-9,11-12,21H,10H2,1-4H3,(H,19,22)/t12-/m0/s1. The number of alkyl carbamates (subject to hydrolysis) is 1. The zero-order chi connectivity index (χ0) is 17.0. The van der Waals surface area contributed by atoms with Gasteiger partial charge >= 0.3 is 6.09 Å². The Labute approximate surface area is 136 Å². The van der Waals surface area contributed by atoms with Crippen LogP contribution in [0.4, 0.5) is 4.79 Å². The molecule has 0 aliphatic heterocycles. The van der Waals surface area contributed by atoms with Crippen LogP contribution in [0.5, 0.6) is 0 Å². The van der Waals surface area contributed by atoms with E-state index in [4.69, 9.17) is 9.84 Å². The summed E-state index contributed by atoms with van der Waals surface area (Å²) in [5, 5.41) is 11.9. The highest BCUT2D eigenvalue weighted by Gasteiger charge is 2.20. The number of carbonyl (C=O) groups excluding carboxylic acids is 1. The van der Waals surface area contributed by atoms with Crippen LogP contribution in [0.25, 0.3) is 5.69 Å². The minimum absolute atomic E-state index is 0.00761. The number of hydrogen-bond acceptors (Lipinski definition) is 4. The van der Waals surface area contributed by atoms with Crippen LogP contribution >= 0.6 is 0 Å². The van der Waals surface area contributed by atoms with Gasteiger partial charge in [0.05, 0.1) is 30.9 Å². The van der Waals surface area contributed by atoms with E-state index >= 15 is 0 Å². The lowest BCUT2D eigenvalue weighted by atomic mass is 10.2. The van der Waals surface area contributed by atoms with Gasteiger partial charge in [0, 0.05) is 5.69 Å². The van der Waals surface area contributed by atoms with E-state index in [2.05, 4.69) is 10.3 Å². The first-order chi connectivity index (χ1) is 10.8. The van der Waals surface area contributed by atoms with E-state index in [1.807, 2.05) is 56.5 Å². The number of rotatable bonds is 4. The number of aliphatic hydroxyl groups is 1. The molecule has 0 saturated carbocycles. The minimum Gasteiger partial charge on any atom is -0.444 e. The molecule has 1 aromatic carbocycles. The Balaban J connectivity index is 2.14. The molecular weight excluding hydrogens is 294 g/mol. The van der Waals surface area contributed by atoms with Gasteiger partial charge in [-0.05, 0) is 45.4 Å². The predicted molar refractivity (Wildman–Crippen MR) is 87.3 cm³/mol. The number of amides is 1. The van der Waals surface area contributed by atoms with Gasteiger partial charge in [0.1, 0.15) is 5.60 Å². The van der Waals surface area contributed by atoms with Crippen LogP contribution in [0.15, 0.2) is 36.8 Å². The van der Waals surface area contributed by atoms with Crippen LogP contribution in [0, 0.1) is 0 Å². The summed E-state index contributed by atoms with van der Waals surface area (Å²) in [4.78, 5) is 16.1. The Hall–Kier alpha value is -2.34. The summed E-state index contributed by atoms with van der Waals surface area (Å²) in [6.45, 7) is 7.35. The molecule has 0 spiro atoms. The third-order valence-electron chi connectivity index (χ3n) is 3.24. The fourth-order valence-corrected chi connectivity index (χ4v) is 2.16. The first-order valence-corrected chi connectivity index (χ1v) is 7.52. The van der Waals surface area contributed by atoms with Crippen molar-refractivity contribution in [2.24, 2.45) is 0 Å². The number of carbonyl (C=O) groups is 1. The largest absolute Gasteiger partial charge is 0.444 e. The molecule has 2 rings (SSSR count). The summed E-state index contributed by atoms with van der Waals surface area (Å²) in [5.41, 5.74) is 2.06. The lowest BCUT2D eigenvalue weighted by Crippen LogP contribution is -2.34. The molecule has 0 bridgehead atoms. The highest BCUT2D eigenvalue weighted by molar-refractivity contribution is 5.68. The number of aromatic nitrogens is 2. The topological polar surface area (TPSA) is 76.4 Å². The van der Waals surface area contributed by atoms with Crippen molar-refractivity contribution in [3.8, 4) is 5.69 Å². The fourth-order valence-electron chi connectivity index (χ4n) is 2.16. The molecule has 0 saturated heterocycles. The fraction of sp³-hybridized carbons (Fsp3) is 0.412. The third kappa shape index (κ3) is 4.56. The molecule has 23 heavy (non-hydrogen) atoms. The molecule has 124 valence electrons. The van der Waals surface area contributed by atoms with Gasteiger partial charge in [-0.2, -0.15) is 0 Å². The molecule has 1 aromatic heterocycles. The summed E-state index contributed by atoms with van der Waals surface area (Å²) in [7, 11) is 0. The molecule has 0 aliphatic rings. The van der Waals surface area contributed by atoms with Crippen molar-refractivity contribution in [3.05, 3.63) is 48.0 Å². The Bertz CT molecular complexity index is 656. The maximum absolute atomic E-state index is 11.9. The predicted octanol–water partition coefficient (Wildman–Crippen LogP) is 2.95. The second kappa shape index (κ2) is 6.83. The smallest absolute Gasteiger partial charge is 0.408 e. The summed E-state index contributed by atoms with van der Waals surface area (Å²) in [6, 6.07) is 7.24. The van der Waals surface area contributed by atoms with Gasteiger partial charge in [-0.15, -0.1) is 0 Å².